The van der Waals surface area contributed by atoms with Crippen molar-refractivity contribution in [2.75, 3.05) is 26.3 Å². The highest BCUT2D eigenvalue weighted by Crippen LogP contribution is 2.33. The van der Waals surface area contributed by atoms with Gasteiger partial charge in [0.15, 0.2) is 11.0 Å². The molecule has 1 unspecified atom stereocenters. The summed E-state index contributed by atoms with van der Waals surface area (Å²) in [7, 11) is 1.67. The van der Waals surface area contributed by atoms with E-state index in [0.717, 1.165) is 46.8 Å². The Morgan fingerprint density at radius 1 is 1.11 bits per heavy atom. The molecule has 27 heavy (non-hydrogen) atoms. The molecule has 0 N–H and O–H groups in total. The number of nitrogens with zero attached hydrogens (tertiary/aromatic N) is 3. The zero-order valence-corrected chi connectivity index (χ0v) is 15.9. The van der Waals surface area contributed by atoms with Crippen molar-refractivity contribution in [1.29, 1.82) is 0 Å². The van der Waals surface area contributed by atoms with Gasteiger partial charge in [0.25, 0.3) is 0 Å². The van der Waals surface area contributed by atoms with Crippen LogP contribution >= 0.6 is 11.8 Å². The molecule has 0 aliphatic carbocycles. The zero-order chi connectivity index (χ0) is 18.5. The average molecular weight is 383 g/mol. The molecule has 1 aliphatic rings. The van der Waals surface area contributed by atoms with Crippen LogP contribution in [0, 0.1) is 0 Å². The molecule has 4 rings (SSSR count). The van der Waals surface area contributed by atoms with Crippen LogP contribution in [0.5, 0.6) is 5.75 Å². The van der Waals surface area contributed by atoms with Crippen LogP contribution in [0.25, 0.3) is 17.1 Å². The summed E-state index contributed by atoms with van der Waals surface area (Å²) in [5.41, 5.74) is 1.92. The second kappa shape index (κ2) is 8.56. The smallest absolute Gasteiger partial charge is 0.196 e. The van der Waals surface area contributed by atoms with Crippen molar-refractivity contribution in [2.24, 2.45) is 0 Å². The summed E-state index contributed by atoms with van der Waals surface area (Å²) in [4.78, 5) is 0. The van der Waals surface area contributed by atoms with E-state index in [1.807, 2.05) is 42.5 Å². The number of aromatic nitrogens is 3. The molecule has 0 spiro atoms. The summed E-state index contributed by atoms with van der Waals surface area (Å²) in [6, 6.07) is 18.0. The molecule has 140 valence electrons. The van der Waals surface area contributed by atoms with Gasteiger partial charge in [0.05, 0.1) is 25.4 Å². The Kier molecular flexibility index (Phi) is 5.72. The highest BCUT2D eigenvalue weighted by Gasteiger charge is 2.21. The van der Waals surface area contributed by atoms with Gasteiger partial charge in [-0.05, 0) is 30.7 Å². The Hall–Kier alpha value is -2.35. The van der Waals surface area contributed by atoms with Crippen LogP contribution < -0.4 is 4.74 Å². The van der Waals surface area contributed by atoms with Gasteiger partial charge in [-0.3, -0.25) is 4.57 Å². The number of hydrogen-bond acceptors (Lipinski definition) is 6. The van der Waals surface area contributed by atoms with Crippen molar-refractivity contribution in [3.8, 4) is 22.8 Å². The maximum absolute atomic E-state index is 5.65. The van der Waals surface area contributed by atoms with Crippen LogP contribution in [0.2, 0.25) is 0 Å². The van der Waals surface area contributed by atoms with Crippen molar-refractivity contribution >= 4 is 11.8 Å². The third kappa shape index (κ3) is 4.00. The van der Waals surface area contributed by atoms with Gasteiger partial charge < -0.3 is 14.2 Å². The first-order chi connectivity index (χ1) is 13.4. The lowest BCUT2D eigenvalue weighted by Gasteiger charge is -2.22. The summed E-state index contributed by atoms with van der Waals surface area (Å²) in [5, 5.41) is 9.77. The molecule has 0 bridgehead atoms. The standard InChI is InChI=1S/C20H21N3O3S/c1-24-18-10-6-5-9-17(18)19-21-22-20(23(19)15-7-3-2-4-8-15)27-13-16-11-12-25-14-26-16/h2-10,16H,11-14H2,1H3. The number of rotatable bonds is 6. The molecule has 1 fully saturated rings. The normalized spacial score (nSPS) is 17.0. The number of ether oxygens (including phenoxy) is 3. The molecule has 0 radical (unpaired) electrons. The second-order valence-corrected chi connectivity index (χ2v) is 7.08. The SMILES string of the molecule is COc1ccccc1-c1nnc(SCC2CCOCO2)n1-c1ccccc1. The predicted molar refractivity (Wildman–Crippen MR) is 104 cm³/mol. The van der Waals surface area contributed by atoms with Crippen molar-refractivity contribution in [3.63, 3.8) is 0 Å². The lowest BCUT2D eigenvalue weighted by molar-refractivity contribution is -0.130. The van der Waals surface area contributed by atoms with Gasteiger partial charge in [0.2, 0.25) is 0 Å². The van der Waals surface area contributed by atoms with Gasteiger partial charge in [0, 0.05) is 11.4 Å². The fraction of sp³-hybridized carbons (Fsp3) is 0.300. The van der Waals surface area contributed by atoms with Crippen molar-refractivity contribution < 1.29 is 14.2 Å². The van der Waals surface area contributed by atoms with Gasteiger partial charge in [-0.15, -0.1) is 10.2 Å². The fourth-order valence-corrected chi connectivity index (χ4v) is 3.99. The predicted octanol–water partition coefficient (Wildman–Crippen LogP) is 3.80. The van der Waals surface area contributed by atoms with E-state index in [0.29, 0.717) is 6.79 Å². The van der Waals surface area contributed by atoms with Crippen molar-refractivity contribution in [1.82, 2.24) is 14.8 Å². The van der Waals surface area contributed by atoms with Crippen LogP contribution in [0.15, 0.2) is 59.8 Å². The molecular weight excluding hydrogens is 362 g/mol. The number of thioether (sulfide) groups is 1. The molecule has 2 heterocycles. The summed E-state index contributed by atoms with van der Waals surface area (Å²) in [6.45, 7) is 1.10. The van der Waals surface area contributed by atoms with Crippen LogP contribution in [0.4, 0.5) is 0 Å². The highest BCUT2D eigenvalue weighted by molar-refractivity contribution is 7.99. The molecule has 1 atom stereocenters. The number of benzene rings is 2. The number of para-hydroxylation sites is 2. The molecule has 1 saturated heterocycles. The number of hydrogen-bond donors (Lipinski definition) is 0. The van der Waals surface area contributed by atoms with E-state index in [4.69, 9.17) is 14.2 Å². The van der Waals surface area contributed by atoms with Gasteiger partial charge in [-0.25, -0.2) is 0 Å². The van der Waals surface area contributed by atoms with E-state index >= 15 is 0 Å². The Morgan fingerprint density at radius 3 is 2.70 bits per heavy atom. The minimum Gasteiger partial charge on any atom is -0.496 e. The van der Waals surface area contributed by atoms with E-state index in [9.17, 15) is 0 Å². The Morgan fingerprint density at radius 2 is 1.93 bits per heavy atom. The molecule has 1 aliphatic heterocycles. The third-order valence-corrected chi connectivity index (χ3v) is 5.43. The lowest BCUT2D eigenvalue weighted by atomic mass is 10.2. The van der Waals surface area contributed by atoms with Crippen molar-refractivity contribution in [3.05, 3.63) is 54.6 Å². The first-order valence-corrected chi connectivity index (χ1v) is 9.82. The van der Waals surface area contributed by atoms with Gasteiger partial charge in [0.1, 0.15) is 12.5 Å². The van der Waals surface area contributed by atoms with E-state index in [2.05, 4.69) is 26.9 Å². The molecule has 6 nitrogen and oxygen atoms in total. The summed E-state index contributed by atoms with van der Waals surface area (Å²) in [5.74, 6) is 2.33. The fourth-order valence-electron chi connectivity index (χ4n) is 2.98. The minimum atomic E-state index is 0.166. The van der Waals surface area contributed by atoms with E-state index in [1.54, 1.807) is 18.9 Å². The molecule has 1 aromatic heterocycles. The van der Waals surface area contributed by atoms with Crippen LogP contribution in [0.3, 0.4) is 0 Å². The molecule has 0 amide bonds. The third-order valence-electron chi connectivity index (χ3n) is 4.37. The first-order valence-electron chi connectivity index (χ1n) is 8.83. The maximum Gasteiger partial charge on any atom is 0.196 e. The molecule has 7 heteroatoms. The van der Waals surface area contributed by atoms with Crippen LogP contribution in [-0.2, 0) is 9.47 Å². The van der Waals surface area contributed by atoms with Gasteiger partial charge >= 0.3 is 0 Å². The maximum atomic E-state index is 5.65. The summed E-state index contributed by atoms with van der Waals surface area (Å²) in [6.07, 6.45) is 1.06. The topological polar surface area (TPSA) is 58.4 Å². The number of methoxy groups -OCH3 is 1. The monoisotopic (exact) mass is 383 g/mol. The van der Waals surface area contributed by atoms with Crippen molar-refractivity contribution in [2.45, 2.75) is 17.7 Å². The zero-order valence-electron chi connectivity index (χ0n) is 15.1. The molecular formula is C20H21N3O3S. The van der Waals surface area contributed by atoms with Crippen LogP contribution in [0.1, 0.15) is 6.42 Å². The summed E-state index contributed by atoms with van der Waals surface area (Å²) < 4.78 is 18.5. The first kappa shape index (κ1) is 18.0. The van der Waals surface area contributed by atoms with E-state index < -0.39 is 0 Å². The average Bonchev–Trinajstić information content (AvgIpc) is 3.17. The molecule has 3 aromatic rings. The largest absolute Gasteiger partial charge is 0.496 e. The minimum absolute atomic E-state index is 0.166. The quantitative estimate of drug-likeness (QED) is 0.604. The Balaban J connectivity index is 1.70. The second-order valence-electron chi connectivity index (χ2n) is 6.09. The highest BCUT2D eigenvalue weighted by atomic mass is 32.2. The Labute approximate surface area is 162 Å². The van der Waals surface area contributed by atoms with Gasteiger partial charge in [-0.1, -0.05) is 42.1 Å². The summed E-state index contributed by atoms with van der Waals surface area (Å²) >= 11 is 1.65. The van der Waals surface area contributed by atoms with Gasteiger partial charge in [-0.2, -0.15) is 0 Å². The molecule has 0 saturated carbocycles. The lowest BCUT2D eigenvalue weighted by Crippen LogP contribution is -2.25. The van der Waals surface area contributed by atoms with E-state index in [1.165, 1.54) is 0 Å². The molecule has 2 aromatic carbocycles. The van der Waals surface area contributed by atoms with E-state index in [-0.39, 0.29) is 6.10 Å². The van der Waals surface area contributed by atoms with Crippen LogP contribution in [-0.4, -0.2) is 47.1 Å². The Bertz CT molecular complexity index is 879.